The van der Waals surface area contributed by atoms with Crippen LogP contribution < -0.4 is 11.0 Å². The molecule has 0 spiro atoms. The first-order valence-electron chi connectivity index (χ1n) is 8.77. The highest BCUT2D eigenvalue weighted by molar-refractivity contribution is 7.99. The predicted molar refractivity (Wildman–Crippen MR) is 94.3 cm³/mol. The van der Waals surface area contributed by atoms with E-state index in [1.165, 1.54) is 43.9 Å². The Kier molecular flexibility index (Phi) is 8.38. The van der Waals surface area contributed by atoms with Crippen molar-refractivity contribution in [2.45, 2.75) is 69.1 Å². The van der Waals surface area contributed by atoms with Gasteiger partial charge in [-0.15, -0.1) is 5.10 Å². The molecule has 136 valence electrons. The van der Waals surface area contributed by atoms with E-state index in [1.807, 2.05) is 0 Å². The maximum absolute atomic E-state index is 12.2. The van der Waals surface area contributed by atoms with Crippen LogP contribution in [0.1, 0.15) is 51.4 Å². The van der Waals surface area contributed by atoms with E-state index in [4.69, 9.17) is 4.74 Å². The Bertz CT molecular complexity index is 550. The number of aromatic amines is 1. The van der Waals surface area contributed by atoms with Gasteiger partial charge in [0, 0.05) is 26.3 Å². The van der Waals surface area contributed by atoms with Gasteiger partial charge in [-0.2, -0.15) is 0 Å². The van der Waals surface area contributed by atoms with Crippen molar-refractivity contribution in [2.75, 3.05) is 19.5 Å². The minimum atomic E-state index is -0.242. The average molecular weight is 356 g/mol. The van der Waals surface area contributed by atoms with Crippen molar-refractivity contribution in [1.29, 1.82) is 0 Å². The maximum atomic E-state index is 12.2. The molecule has 0 atom stereocenters. The number of aromatic nitrogens is 3. The smallest absolute Gasteiger partial charge is 0.343 e. The molecule has 0 saturated heterocycles. The van der Waals surface area contributed by atoms with Gasteiger partial charge < -0.3 is 10.1 Å². The number of amides is 1. The van der Waals surface area contributed by atoms with E-state index in [2.05, 4.69) is 15.5 Å². The number of ether oxygens (including phenoxy) is 1. The lowest BCUT2D eigenvalue weighted by molar-refractivity contribution is -0.119. The normalized spacial score (nSPS) is 16.5. The summed E-state index contributed by atoms with van der Waals surface area (Å²) in [5.74, 6) is 0.301. The molecule has 0 unspecified atom stereocenters. The van der Waals surface area contributed by atoms with Crippen LogP contribution >= 0.6 is 11.8 Å². The van der Waals surface area contributed by atoms with Crippen LogP contribution in [0.15, 0.2) is 9.95 Å². The van der Waals surface area contributed by atoms with Gasteiger partial charge in [0.2, 0.25) is 5.91 Å². The highest BCUT2D eigenvalue weighted by Gasteiger charge is 2.16. The molecule has 2 rings (SSSR count). The number of nitrogens with one attached hydrogen (secondary N) is 2. The number of hydrogen-bond acceptors (Lipinski definition) is 5. The number of hydrogen-bond donors (Lipinski definition) is 2. The van der Waals surface area contributed by atoms with Gasteiger partial charge in [0.05, 0.1) is 5.75 Å². The van der Waals surface area contributed by atoms with Crippen LogP contribution in [0.4, 0.5) is 0 Å². The Morgan fingerprint density at radius 2 is 2.04 bits per heavy atom. The summed E-state index contributed by atoms with van der Waals surface area (Å²) in [6.07, 6.45) is 9.10. The summed E-state index contributed by atoms with van der Waals surface area (Å²) in [6, 6.07) is 0.293. The lowest BCUT2D eigenvalue weighted by Gasteiger charge is -2.20. The Hall–Kier alpha value is -1.28. The molecule has 0 radical (unpaired) electrons. The zero-order chi connectivity index (χ0) is 17.2. The topological polar surface area (TPSA) is 89.0 Å². The van der Waals surface area contributed by atoms with E-state index < -0.39 is 0 Å². The van der Waals surface area contributed by atoms with Crippen molar-refractivity contribution in [3.63, 3.8) is 0 Å². The molecular weight excluding hydrogens is 328 g/mol. The first-order chi connectivity index (χ1) is 11.7. The SMILES string of the molecule is COCCCn1c(SCC(=O)NC2CCCCCCC2)n[nH]c1=O. The molecule has 1 aromatic rings. The summed E-state index contributed by atoms with van der Waals surface area (Å²) < 4.78 is 6.57. The van der Waals surface area contributed by atoms with Crippen LogP contribution in [0.25, 0.3) is 0 Å². The quantitative estimate of drug-likeness (QED) is 0.549. The molecule has 7 nitrogen and oxygen atoms in total. The fraction of sp³-hybridized carbons (Fsp3) is 0.812. The average Bonchev–Trinajstić information content (AvgIpc) is 2.89. The van der Waals surface area contributed by atoms with E-state index >= 15 is 0 Å². The van der Waals surface area contributed by atoms with Crippen LogP contribution in [0.5, 0.6) is 0 Å². The first-order valence-corrected chi connectivity index (χ1v) is 9.75. The predicted octanol–water partition coefficient (Wildman–Crippen LogP) is 1.93. The van der Waals surface area contributed by atoms with E-state index in [9.17, 15) is 9.59 Å². The largest absolute Gasteiger partial charge is 0.385 e. The second kappa shape index (κ2) is 10.6. The van der Waals surface area contributed by atoms with Gasteiger partial charge >= 0.3 is 5.69 Å². The molecule has 1 fully saturated rings. The van der Waals surface area contributed by atoms with Gasteiger partial charge in [0.15, 0.2) is 5.16 Å². The number of carbonyl (C=O) groups excluding carboxylic acids is 1. The molecule has 1 saturated carbocycles. The van der Waals surface area contributed by atoms with Crippen molar-refractivity contribution in [2.24, 2.45) is 0 Å². The van der Waals surface area contributed by atoms with Gasteiger partial charge in [-0.05, 0) is 19.3 Å². The standard InChI is InChI=1S/C16H28N4O3S/c1-23-11-7-10-20-15(22)18-19-16(20)24-12-14(21)17-13-8-5-3-2-4-6-9-13/h13H,2-12H2,1H3,(H,17,21)(H,18,22). The van der Waals surface area contributed by atoms with E-state index in [0.29, 0.717) is 24.3 Å². The molecule has 0 aromatic carbocycles. The molecule has 0 aliphatic heterocycles. The Morgan fingerprint density at radius 3 is 2.75 bits per heavy atom. The lowest BCUT2D eigenvalue weighted by Crippen LogP contribution is -2.36. The number of rotatable bonds is 8. The minimum Gasteiger partial charge on any atom is -0.385 e. The van der Waals surface area contributed by atoms with Crippen LogP contribution in [-0.4, -0.2) is 46.2 Å². The highest BCUT2D eigenvalue weighted by atomic mass is 32.2. The molecule has 1 aliphatic rings. The van der Waals surface area contributed by atoms with Crippen molar-refractivity contribution in [3.8, 4) is 0 Å². The molecule has 8 heteroatoms. The van der Waals surface area contributed by atoms with Crippen molar-refractivity contribution >= 4 is 17.7 Å². The van der Waals surface area contributed by atoms with Gasteiger partial charge in [0.1, 0.15) is 0 Å². The highest BCUT2D eigenvalue weighted by Crippen LogP contribution is 2.18. The molecule has 1 amide bonds. The van der Waals surface area contributed by atoms with E-state index in [1.54, 1.807) is 11.7 Å². The van der Waals surface area contributed by atoms with Gasteiger partial charge in [-0.1, -0.05) is 43.9 Å². The molecule has 1 heterocycles. The number of thioether (sulfide) groups is 1. The zero-order valence-electron chi connectivity index (χ0n) is 14.4. The number of methoxy groups -OCH3 is 1. The molecule has 2 N–H and O–H groups in total. The van der Waals surface area contributed by atoms with Crippen molar-refractivity contribution in [1.82, 2.24) is 20.1 Å². The fourth-order valence-corrected chi connectivity index (χ4v) is 3.76. The maximum Gasteiger partial charge on any atom is 0.343 e. The summed E-state index contributed by atoms with van der Waals surface area (Å²) in [4.78, 5) is 23.9. The van der Waals surface area contributed by atoms with Crippen molar-refractivity contribution in [3.05, 3.63) is 10.5 Å². The monoisotopic (exact) mass is 356 g/mol. The summed E-state index contributed by atoms with van der Waals surface area (Å²) in [5.41, 5.74) is -0.242. The molecule has 0 bridgehead atoms. The third-order valence-corrected chi connectivity index (χ3v) is 5.23. The lowest BCUT2D eigenvalue weighted by atomic mass is 9.97. The zero-order valence-corrected chi connectivity index (χ0v) is 15.2. The minimum absolute atomic E-state index is 0.0180. The summed E-state index contributed by atoms with van der Waals surface area (Å²) in [5, 5.41) is 10.1. The molecule has 1 aliphatic carbocycles. The van der Waals surface area contributed by atoms with Crippen LogP contribution in [0.2, 0.25) is 0 Å². The molecule has 24 heavy (non-hydrogen) atoms. The second-order valence-corrected chi connectivity index (χ2v) is 7.15. The Balaban J connectivity index is 1.79. The molecule has 1 aromatic heterocycles. The summed E-state index contributed by atoms with van der Waals surface area (Å²) in [7, 11) is 1.63. The third-order valence-electron chi connectivity index (χ3n) is 4.26. The fourth-order valence-electron chi connectivity index (χ4n) is 2.98. The number of H-pyrrole nitrogens is 1. The van der Waals surface area contributed by atoms with Crippen LogP contribution in [-0.2, 0) is 16.1 Å². The summed E-state index contributed by atoms with van der Waals surface area (Å²) >= 11 is 1.30. The van der Waals surface area contributed by atoms with E-state index in [0.717, 1.165) is 19.3 Å². The van der Waals surface area contributed by atoms with Crippen molar-refractivity contribution < 1.29 is 9.53 Å². The summed E-state index contributed by atoms with van der Waals surface area (Å²) in [6.45, 7) is 1.12. The van der Waals surface area contributed by atoms with Gasteiger partial charge in [0.25, 0.3) is 0 Å². The van der Waals surface area contributed by atoms with Gasteiger partial charge in [-0.3, -0.25) is 9.36 Å². The number of nitrogens with zero attached hydrogens (tertiary/aromatic N) is 2. The van der Waals surface area contributed by atoms with E-state index in [-0.39, 0.29) is 17.3 Å². The Morgan fingerprint density at radius 1 is 1.33 bits per heavy atom. The second-order valence-electron chi connectivity index (χ2n) is 6.21. The number of carbonyl (C=O) groups is 1. The Labute approximate surface area is 146 Å². The first kappa shape index (κ1) is 19.1. The molecular formula is C16H28N4O3S. The third kappa shape index (κ3) is 6.32. The van der Waals surface area contributed by atoms with Crippen LogP contribution in [0, 0.1) is 0 Å². The van der Waals surface area contributed by atoms with Crippen LogP contribution in [0.3, 0.4) is 0 Å². The van der Waals surface area contributed by atoms with Gasteiger partial charge in [-0.25, -0.2) is 9.89 Å².